The normalized spacial score (nSPS) is 18.6. The van der Waals surface area contributed by atoms with Gasteiger partial charge in [-0.05, 0) is 189 Å². The summed E-state index contributed by atoms with van der Waals surface area (Å²) in [5, 5.41) is 61.5. The summed E-state index contributed by atoms with van der Waals surface area (Å²) < 4.78 is 18.7. The van der Waals surface area contributed by atoms with E-state index in [0.717, 1.165) is 11.1 Å². The lowest BCUT2D eigenvalue weighted by atomic mass is 9.91. The predicted octanol–water partition coefficient (Wildman–Crippen LogP) is 10.5. The highest BCUT2D eigenvalue weighted by Crippen LogP contribution is 2.50. The number of pyridine rings is 2. The molecule has 7 amide bonds. The van der Waals surface area contributed by atoms with Gasteiger partial charge >= 0.3 is 5.97 Å². The summed E-state index contributed by atoms with van der Waals surface area (Å²) in [5.74, 6) is -3.75. The second-order valence-electron chi connectivity index (χ2n) is 29.6. The number of hydrogen-bond donors (Lipinski definition) is 9. The second-order valence-corrected chi connectivity index (χ2v) is 31.3. The Hall–Kier alpha value is -10.7. The number of nitrogens with zero attached hydrogens (tertiary/aromatic N) is 10. The van der Waals surface area contributed by atoms with Crippen molar-refractivity contribution in [3.8, 4) is 12.1 Å². The zero-order valence-electron chi connectivity index (χ0n) is 60.9. The largest absolute Gasteiger partial charge is 0.478 e. The first-order valence-electron chi connectivity index (χ1n) is 35.1. The molecule has 6 aliphatic rings. The van der Waals surface area contributed by atoms with Gasteiger partial charge in [0.1, 0.15) is 33.5 Å². The van der Waals surface area contributed by atoms with Gasteiger partial charge in [-0.15, -0.1) is 0 Å². The van der Waals surface area contributed by atoms with Gasteiger partial charge in [0, 0.05) is 50.9 Å². The highest BCUT2D eigenvalue weighted by Gasteiger charge is 2.60. The molecular weight excluding hydrogens is 1500 g/mol. The van der Waals surface area contributed by atoms with Gasteiger partial charge in [-0.2, -0.15) is 10.5 Å². The zero-order chi connectivity index (χ0) is 79.8. The topological polar surface area (TPSA) is 399 Å². The molecule has 0 saturated heterocycles. The van der Waals surface area contributed by atoms with Gasteiger partial charge in [-0.25, -0.2) is 24.6 Å². The van der Waals surface area contributed by atoms with E-state index in [9.17, 15) is 63.5 Å². The van der Waals surface area contributed by atoms with Gasteiger partial charge in [0.15, 0.2) is 0 Å². The molecule has 4 aliphatic carbocycles. The highest BCUT2D eigenvalue weighted by molar-refractivity contribution is 6.36. The smallest absolute Gasteiger partial charge is 0.337 e. The third-order valence-corrected chi connectivity index (χ3v) is 20.6. The molecule has 574 valence electrons. The minimum Gasteiger partial charge on any atom is -0.478 e. The van der Waals surface area contributed by atoms with Crippen molar-refractivity contribution < 1.29 is 59.4 Å². The van der Waals surface area contributed by atoms with E-state index in [1.165, 1.54) is 40.7 Å². The Bertz CT molecular complexity index is 5010. The number of alkyl halides is 1. The number of aromatic carboxylic acids is 1. The van der Waals surface area contributed by atoms with Gasteiger partial charge in [0.25, 0.3) is 29.5 Å². The summed E-state index contributed by atoms with van der Waals surface area (Å²) in [6.45, 7) is 10.2. The maximum atomic E-state index is 14.4. The lowest BCUT2D eigenvalue weighted by Crippen LogP contribution is -2.52. The van der Waals surface area contributed by atoms with Crippen LogP contribution in [0.1, 0.15) is 177 Å². The van der Waals surface area contributed by atoms with Crippen LogP contribution in [0.4, 0.5) is 27.7 Å². The number of fused-ring (bicyclic) bond motifs is 2. The van der Waals surface area contributed by atoms with Crippen molar-refractivity contribution in [3.05, 3.63) is 210 Å². The Morgan fingerprint density at radius 1 is 0.555 bits per heavy atom. The minimum absolute atomic E-state index is 0. The van der Waals surface area contributed by atoms with Crippen molar-refractivity contribution in [1.29, 1.82) is 10.5 Å². The van der Waals surface area contributed by atoms with Crippen LogP contribution < -0.4 is 42.1 Å². The van der Waals surface area contributed by atoms with Crippen molar-refractivity contribution in [3.63, 3.8) is 0 Å². The summed E-state index contributed by atoms with van der Waals surface area (Å²) in [5.41, 5.74) is 2.41. The zero-order valence-corrected chi connectivity index (χ0v) is 63.0. The van der Waals surface area contributed by atoms with Crippen molar-refractivity contribution >= 4 is 117 Å². The third kappa shape index (κ3) is 16.7. The molecule has 8 aromatic rings. The van der Waals surface area contributed by atoms with Crippen LogP contribution >= 0.6 is 46.4 Å². The number of carboxylic acid groups (broad SMARTS) is 1. The number of nitrogens with two attached hydrogens (primary N) is 1. The Labute approximate surface area is 654 Å². The Kier molecular flexibility index (Phi) is 22.9. The van der Waals surface area contributed by atoms with Crippen LogP contribution in [-0.2, 0) is 54.2 Å². The number of carbonyl (C=O) groups excluding carboxylic acids is 7. The molecule has 27 nitrogen and oxygen atoms in total. The quantitative estimate of drug-likeness (QED) is 0.0323. The number of halogens is 5. The molecule has 2 atom stereocenters. The van der Waals surface area contributed by atoms with Crippen LogP contribution in [0.25, 0.3) is 0 Å². The van der Waals surface area contributed by atoms with E-state index < -0.39 is 69.2 Å². The predicted molar refractivity (Wildman–Crippen MR) is 409 cm³/mol. The SMILES string of the molecule is C.CC(C)(CO)NC(=O)c1ccc(C2(NC(=O)C3(NC(=O)c4cnc5n4[C@](C)(Cc4ccc(C#N)cc4)C(=O)N5c4cc(Cl)cc(Cl)c4)CC3)CC2)nc1.CC(C)(N)CO.C[C@@]1(Cc2ccc(C#N)cc2)C(=O)N(c2cc(Cl)cc(Cl)c2)c2ncc(C(=O)NC3(C(=O)NC4(c5ccc(C(=O)O)cn5)CC4)CC3)n21.[2H]CF. The number of imidazole rings is 2. The molecule has 32 heteroatoms. The summed E-state index contributed by atoms with van der Waals surface area (Å²) in [6.07, 6.45) is 9.91. The van der Waals surface area contributed by atoms with Crippen LogP contribution in [0.2, 0.25) is 20.1 Å². The van der Waals surface area contributed by atoms with E-state index in [-0.39, 0.29) is 91.9 Å². The number of rotatable bonds is 21. The fourth-order valence-corrected chi connectivity index (χ4v) is 14.0. The van der Waals surface area contributed by atoms with E-state index >= 15 is 0 Å². The number of nitrogens with one attached hydrogen (secondary N) is 5. The number of aliphatic hydroxyl groups excluding tert-OH is 2. The minimum atomic E-state index is -1.35. The van der Waals surface area contributed by atoms with E-state index in [1.807, 2.05) is 0 Å². The number of aromatic nitrogens is 6. The van der Waals surface area contributed by atoms with Crippen molar-refractivity contribution in [2.45, 2.75) is 157 Å². The van der Waals surface area contributed by atoms with Gasteiger partial charge in [-0.3, -0.25) is 57.1 Å². The van der Waals surface area contributed by atoms with Gasteiger partial charge in [0.05, 0.1) is 108 Å². The molecule has 4 fully saturated rings. The van der Waals surface area contributed by atoms with Crippen molar-refractivity contribution in [2.24, 2.45) is 5.73 Å². The number of aliphatic hydroxyl groups is 2. The number of carboxylic acids is 1. The summed E-state index contributed by atoms with van der Waals surface area (Å²) >= 11 is 25.3. The number of amides is 7. The summed E-state index contributed by atoms with van der Waals surface area (Å²) in [7, 11) is -1.00. The number of carbonyl (C=O) groups is 8. The number of hydrogen-bond acceptors (Lipinski definition) is 17. The Balaban J connectivity index is 0.000000212. The van der Waals surface area contributed by atoms with E-state index in [0.29, 0.717) is 111 Å². The molecule has 0 bridgehead atoms. The first kappa shape index (κ1) is 80.3. The van der Waals surface area contributed by atoms with Crippen LogP contribution in [0.3, 0.4) is 0 Å². The van der Waals surface area contributed by atoms with Crippen LogP contribution in [0.15, 0.2) is 134 Å². The molecule has 6 heterocycles. The molecule has 10 N–H and O–H groups in total. The molecule has 14 rings (SSSR count). The van der Waals surface area contributed by atoms with Crippen LogP contribution in [-0.4, -0.2) is 134 Å². The first-order chi connectivity index (χ1) is 52.0. The van der Waals surface area contributed by atoms with Crippen LogP contribution in [0.5, 0.6) is 0 Å². The molecular formula is C78H81Cl4FN16O11. The van der Waals surface area contributed by atoms with E-state index in [1.54, 1.807) is 154 Å². The lowest BCUT2D eigenvalue weighted by molar-refractivity contribution is -0.125. The Morgan fingerprint density at radius 2 is 0.909 bits per heavy atom. The molecule has 0 radical (unpaired) electrons. The maximum Gasteiger partial charge on any atom is 0.337 e. The molecule has 2 aliphatic heterocycles. The highest BCUT2D eigenvalue weighted by atomic mass is 35.5. The molecule has 0 spiro atoms. The van der Waals surface area contributed by atoms with Crippen LogP contribution in [0, 0.1) is 22.7 Å². The standard InChI is InChI=1S/C38H36Cl2N8O5.C34H27Cl2N7O5.C4H11NO.CH3F.CH4/c1-35(2,21-49)44-30(50)24-8-9-29(42-19-24)37(10-11-37)46-32(52)38(12-13-38)45-31(51)28-20-43-34-47(27-15-25(39)14-26(40)16-27)33(53)36(3,48(28)34)17-22-4-6-23(18-41)7-5-22;1-32(15-19-2-4-20(16-37)5-3-19)30(48)42(24-13-22(35)12-23(36)14-24)31-39-18-25(43(31)32)27(44)40-34(10-11-34)29(47)41-33(8-9-33)26-7-6-21(17-38-26)28(45)46;1-4(2,5)3-6;1-2;/h4-9,14-16,19-20,49H,10-13,17,21H2,1-3H3,(H,44,50)(H,45,51)(H,46,52);2-7,12-14,17-18H,8-11,15H2,1H3,(H,40,44)(H,41,47)(H,45,46);6H,3,5H2,1-2H3;1H3;1H4/t36-;32-;;;/m11.../s1/i;;;1D;. The number of benzene rings is 4. The van der Waals surface area contributed by atoms with Gasteiger partial charge < -0.3 is 47.6 Å². The van der Waals surface area contributed by atoms with Gasteiger partial charge in [0.2, 0.25) is 23.7 Å². The molecule has 0 unspecified atom stereocenters. The average molecular weight is 1580 g/mol. The molecule has 4 aromatic heterocycles. The molecule has 110 heavy (non-hydrogen) atoms. The number of nitriles is 2. The second kappa shape index (κ2) is 31.4. The number of anilines is 4. The average Bonchev–Trinajstić information content (AvgIpc) is 1.56. The lowest BCUT2D eigenvalue weighted by Gasteiger charge is -2.27. The summed E-state index contributed by atoms with van der Waals surface area (Å²) in [4.78, 5) is 129. The summed E-state index contributed by atoms with van der Waals surface area (Å²) in [6, 6.07) is 33.7. The maximum absolute atomic E-state index is 14.4. The Morgan fingerprint density at radius 3 is 1.20 bits per heavy atom. The van der Waals surface area contributed by atoms with Crippen molar-refractivity contribution in [1.82, 2.24) is 55.7 Å². The fourth-order valence-electron chi connectivity index (χ4n) is 12.9. The fraction of sp³-hybridized carbons (Fsp3) is 0.359. The molecule has 4 saturated carbocycles. The monoisotopic (exact) mass is 1580 g/mol. The van der Waals surface area contributed by atoms with E-state index in [2.05, 4.69) is 58.7 Å². The van der Waals surface area contributed by atoms with Gasteiger partial charge in [-0.1, -0.05) is 78.1 Å². The molecule has 4 aromatic carbocycles. The first-order valence-corrected chi connectivity index (χ1v) is 35.9. The third-order valence-electron chi connectivity index (χ3n) is 19.7. The van der Waals surface area contributed by atoms with E-state index in [4.69, 9.17) is 58.6 Å². The van der Waals surface area contributed by atoms with Crippen molar-refractivity contribution in [2.75, 3.05) is 30.2 Å².